The minimum Gasteiger partial charge on any atom is -0.462 e. The first-order chi connectivity index (χ1) is 26.8. The summed E-state index contributed by atoms with van der Waals surface area (Å²) in [7, 11) is 0. The zero-order valence-corrected chi connectivity index (χ0v) is 34.4. The fourth-order valence-electron chi connectivity index (χ4n) is 6.24. The van der Waals surface area contributed by atoms with Crippen molar-refractivity contribution in [1.82, 2.24) is 0 Å². The summed E-state index contributed by atoms with van der Waals surface area (Å²) in [5.41, 5.74) is 0. The average Bonchev–Trinajstić information content (AvgIpc) is 3.18. The highest BCUT2D eigenvalue weighted by Crippen LogP contribution is 2.22. The van der Waals surface area contributed by atoms with Crippen LogP contribution in [0.4, 0.5) is 0 Å². The molecule has 1 saturated heterocycles. The molecule has 0 aromatic heterocycles. The Balaban J connectivity index is 2.39. The number of unbranched alkanes of at least 4 members (excludes halogenated alkanes) is 16. The maximum Gasteiger partial charge on any atom is 0.306 e. The normalized spacial score (nSPS) is 21.0. The number of allylic oxidation sites excluding steroid dienone is 8. The zero-order valence-electron chi connectivity index (χ0n) is 34.4. The van der Waals surface area contributed by atoms with Gasteiger partial charge >= 0.3 is 11.9 Å². The van der Waals surface area contributed by atoms with Gasteiger partial charge < -0.3 is 39.4 Å². The van der Waals surface area contributed by atoms with Gasteiger partial charge in [-0.2, -0.15) is 0 Å². The number of hydrogen-bond acceptors (Lipinski definition) is 10. The second-order valence-corrected chi connectivity index (χ2v) is 14.8. The summed E-state index contributed by atoms with van der Waals surface area (Å²) >= 11 is 0. The molecule has 1 unspecified atom stereocenters. The molecule has 1 aliphatic rings. The fourth-order valence-corrected chi connectivity index (χ4v) is 6.24. The molecule has 55 heavy (non-hydrogen) atoms. The van der Waals surface area contributed by atoms with Gasteiger partial charge in [0, 0.05) is 12.8 Å². The van der Waals surface area contributed by atoms with Gasteiger partial charge in [-0.25, -0.2) is 0 Å². The van der Waals surface area contributed by atoms with Gasteiger partial charge in [0.25, 0.3) is 0 Å². The summed E-state index contributed by atoms with van der Waals surface area (Å²) in [6.45, 7) is 3.33. The van der Waals surface area contributed by atoms with Crippen molar-refractivity contribution in [2.24, 2.45) is 0 Å². The predicted molar refractivity (Wildman–Crippen MR) is 219 cm³/mol. The van der Waals surface area contributed by atoms with Crippen molar-refractivity contribution in [2.75, 3.05) is 19.8 Å². The summed E-state index contributed by atoms with van der Waals surface area (Å²) in [6.07, 6.45) is 34.1. The minimum atomic E-state index is -1.60. The first-order valence-electron chi connectivity index (χ1n) is 21.7. The van der Waals surface area contributed by atoms with Crippen LogP contribution in [-0.2, 0) is 28.5 Å². The van der Waals surface area contributed by atoms with Crippen LogP contribution in [0, 0.1) is 0 Å². The van der Waals surface area contributed by atoms with E-state index in [0.29, 0.717) is 12.8 Å². The molecule has 0 aromatic carbocycles. The lowest BCUT2D eigenvalue weighted by Crippen LogP contribution is -2.59. The number of aliphatic hydroxyl groups excluding tert-OH is 4. The van der Waals surface area contributed by atoms with Gasteiger partial charge in [0.1, 0.15) is 31.0 Å². The molecule has 10 nitrogen and oxygen atoms in total. The van der Waals surface area contributed by atoms with Crippen LogP contribution in [0.15, 0.2) is 48.6 Å². The van der Waals surface area contributed by atoms with E-state index in [9.17, 15) is 30.0 Å². The molecule has 4 N–H and O–H groups in total. The molecule has 10 heteroatoms. The van der Waals surface area contributed by atoms with Crippen LogP contribution in [0.3, 0.4) is 0 Å². The Bertz CT molecular complexity index is 1040. The van der Waals surface area contributed by atoms with Crippen LogP contribution in [0.5, 0.6) is 0 Å². The molecule has 0 amide bonds. The molecule has 1 fully saturated rings. The number of rotatable bonds is 35. The Morgan fingerprint density at radius 1 is 0.564 bits per heavy atom. The Labute approximate surface area is 333 Å². The van der Waals surface area contributed by atoms with E-state index in [1.807, 2.05) is 6.08 Å². The van der Waals surface area contributed by atoms with Crippen LogP contribution in [0.25, 0.3) is 0 Å². The smallest absolute Gasteiger partial charge is 0.306 e. The maximum atomic E-state index is 12.7. The van der Waals surface area contributed by atoms with Crippen molar-refractivity contribution >= 4 is 11.9 Å². The van der Waals surface area contributed by atoms with Gasteiger partial charge in [-0.1, -0.05) is 152 Å². The molecule has 0 bridgehead atoms. The van der Waals surface area contributed by atoms with E-state index in [2.05, 4.69) is 56.4 Å². The monoisotopic (exact) mass is 779 g/mol. The van der Waals surface area contributed by atoms with Crippen LogP contribution in [-0.4, -0.2) is 89.0 Å². The number of aliphatic hydroxyl groups is 4. The standard InChI is InChI=1S/C45H78O10/c1-3-5-7-9-11-13-15-17-18-19-20-22-23-25-27-29-31-33-40(47)52-36-38(37-53-45-44(51)43(50)42(49)39(35-46)55-45)54-41(48)34-32-30-28-26-24-21-16-14-12-10-8-6-4-2/h11,13,17-18,20,22,25,27,38-39,42-46,49-51H,3-10,12,14-16,19,21,23-24,26,28-37H2,1-2H3/b13-11-,18-17-,22-20-,27-25-/t38?,39-,42+,43+,44-,45-/m1/s1. The van der Waals surface area contributed by atoms with Gasteiger partial charge in [-0.3, -0.25) is 9.59 Å². The van der Waals surface area contributed by atoms with E-state index in [1.54, 1.807) is 0 Å². The Morgan fingerprint density at radius 3 is 1.58 bits per heavy atom. The molecular weight excluding hydrogens is 700 g/mol. The number of esters is 2. The number of carbonyl (C=O) groups is 2. The third kappa shape index (κ3) is 27.8. The zero-order chi connectivity index (χ0) is 40.2. The van der Waals surface area contributed by atoms with Crippen molar-refractivity contribution in [1.29, 1.82) is 0 Å². The van der Waals surface area contributed by atoms with Crippen LogP contribution in [0.1, 0.15) is 168 Å². The lowest BCUT2D eigenvalue weighted by Gasteiger charge is -2.39. The number of carbonyl (C=O) groups excluding carboxylic acids is 2. The molecule has 0 spiro atoms. The van der Waals surface area contributed by atoms with Crippen LogP contribution < -0.4 is 0 Å². The molecular formula is C45H78O10. The highest BCUT2D eigenvalue weighted by molar-refractivity contribution is 5.70. The molecule has 6 atom stereocenters. The largest absolute Gasteiger partial charge is 0.462 e. The molecule has 0 radical (unpaired) electrons. The second kappa shape index (κ2) is 36.0. The number of hydrogen-bond donors (Lipinski definition) is 4. The summed E-state index contributed by atoms with van der Waals surface area (Å²) in [6, 6.07) is 0. The molecule has 318 valence electrons. The summed E-state index contributed by atoms with van der Waals surface area (Å²) in [5.74, 6) is -0.872. The average molecular weight is 779 g/mol. The van der Waals surface area contributed by atoms with Crippen LogP contribution in [0.2, 0.25) is 0 Å². The fraction of sp³-hybridized carbons (Fsp3) is 0.778. The van der Waals surface area contributed by atoms with E-state index >= 15 is 0 Å². The maximum absolute atomic E-state index is 12.7. The van der Waals surface area contributed by atoms with E-state index in [1.165, 1.54) is 83.5 Å². The van der Waals surface area contributed by atoms with Crippen molar-refractivity contribution < 1.29 is 49.0 Å². The highest BCUT2D eigenvalue weighted by Gasteiger charge is 2.44. The molecule has 0 aliphatic carbocycles. The Kier molecular flexibility index (Phi) is 33.2. The number of ether oxygens (including phenoxy) is 4. The molecule has 0 saturated carbocycles. The first kappa shape index (κ1) is 50.7. The van der Waals surface area contributed by atoms with Gasteiger partial charge in [0.15, 0.2) is 12.4 Å². The van der Waals surface area contributed by atoms with Gasteiger partial charge in [-0.15, -0.1) is 0 Å². The van der Waals surface area contributed by atoms with E-state index in [4.69, 9.17) is 18.9 Å². The summed E-state index contributed by atoms with van der Waals surface area (Å²) in [4.78, 5) is 25.2. The molecule has 1 heterocycles. The van der Waals surface area contributed by atoms with Crippen molar-refractivity contribution in [2.45, 2.75) is 205 Å². The lowest BCUT2D eigenvalue weighted by atomic mass is 9.99. The van der Waals surface area contributed by atoms with E-state index < -0.39 is 55.4 Å². The Morgan fingerprint density at radius 2 is 1.04 bits per heavy atom. The van der Waals surface area contributed by atoms with Crippen molar-refractivity contribution in [3.63, 3.8) is 0 Å². The molecule has 1 rings (SSSR count). The highest BCUT2D eigenvalue weighted by atomic mass is 16.7. The minimum absolute atomic E-state index is 0.200. The SMILES string of the molecule is CCCCC/C=C\C/C=C\C/C=C\C/C=C\CCCC(=O)OCC(CO[C@@H]1O[C@H](CO)[C@H](O)[C@H](O)[C@H]1O)OC(=O)CCCCCCCCCCCCCCC. The van der Waals surface area contributed by atoms with E-state index in [0.717, 1.165) is 44.9 Å². The lowest BCUT2D eigenvalue weighted by molar-refractivity contribution is -0.305. The summed E-state index contributed by atoms with van der Waals surface area (Å²) in [5, 5.41) is 40.0. The predicted octanol–water partition coefficient (Wildman–Crippen LogP) is 8.88. The summed E-state index contributed by atoms with van der Waals surface area (Å²) < 4.78 is 22.1. The second-order valence-electron chi connectivity index (χ2n) is 14.8. The third-order valence-electron chi connectivity index (χ3n) is 9.72. The quantitative estimate of drug-likeness (QED) is 0.0279. The van der Waals surface area contributed by atoms with Gasteiger partial charge in [0.05, 0.1) is 13.2 Å². The topological polar surface area (TPSA) is 152 Å². The van der Waals surface area contributed by atoms with Gasteiger partial charge in [0.2, 0.25) is 0 Å². The van der Waals surface area contributed by atoms with Crippen molar-refractivity contribution in [3.8, 4) is 0 Å². The molecule has 1 aliphatic heterocycles. The van der Waals surface area contributed by atoms with Gasteiger partial charge in [-0.05, 0) is 51.4 Å². The Hall–Kier alpha value is -2.34. The first-order valence-corrected chi connectivity index (χ1v) is 21.7. The third-order valence-corrected chi connectivity index (χ3v) is 9.72. The van der Waals surface area contributed by atoms with Crippen LogP contribution >= 0.6 is 0 Å². The molecule has 0 aromatic rings. The van der Waals surface area contributed by atoms with Crippen molar-refractivity contribution in [3.05, 3.63) is 48.6 Å². The van der Waals surface area contributed by atoms with E-state index in [-0.39, 0.29) is 26.1 Å².